The van der Waals surface area contributed by atoms with E-state index in [4.69, 9.17) is 18.6 Å². The van der Waals surface area contributed by atoms with Crippen molar-refractivity contribution in [2.45, 2.75) is 26.0 Å². The molecule has 1 amide bonds. The van der Waals surface area contributed by atoms with Gasteiger partial charge in [-0.05, 0) is 30.2 Å². The molecule has 4 rings (SSSR count). The molecule has 9 nitrogen and oxygen atoms in total. The number of aryl methyl sites for hydroxylation is 1. The Kier molecular flexibility index (Phi) is 9.12. The molecule has 0 bridgehead atoms. The molecule has 1 atom stereocenters. The summed E-state index contributed by atoms with van der Waals surface area (Å²) in [7, 11) is 1.59. The van der Waals surface area contributed by atoms with E-state index >= 15 is 0 Å². The van der Waals surface area contributed by atoms with Gasteiger partial charge in [-0.2, -0.15) is 0 Å². The zero-order valence-corrected chi connectivity index (χ0v) is 20.0. The van der Waals surface area contributed by atoms with Crippen molar-refractivity contribution in [1.29, 1.82) is 0 Å². The minimum Gasteiger partial charge on any atom is -0.493 e. The summed E-state index contributed by atoms with van der Waals surface area (Å²) >= 11 is 0. The maximum atomic E-state index is 12.5. The number of piperazine rings is 1. The molecule has 3 aromatic rings. The Balaban J connectivity index is 0.00000324. The molecule has 1 saturated heterocycles. The van der Waals surface area contributed by atoms with Crippen LogP contribution in [0.2, 0.25) is 0 Å². The van der Waals surface area contributed by atoms with Gasteiger partial charge in [-0.3, -0.25) is 0 Å². The smallest absolute Gasteiger partial charge is 0.410 e. The van der Waals surface area contributed by atoms with Gasteiger partial charge in [-0.1, -0.05) is 30.3 Å². The van der Waals surface area contributed by atoms with Gasteiger partial charge >= 0.3 is 6.09 Å². The molecule has 1 aliphatic heterocycles. The number of methoxy groups -OCH3 is 1. The summed E-state index contributed by atoms with van der Waals surface area (Å²) in [6.07, 6.45) is 0.441. The van der Waals surface area contributed by atoms with E-state index in [2.05, 4.69) is 15.5 Å². The lowest BCUT2D eigenvalue weighted by atomic mass is 10.1. The number of carbonyl (C=O) groups is 1. The van der Waals surface area contributed by atoms with Gasteiger partial charge in [-0.15, -0.1) is 22.6 Å². The SMILES string of the molecule is COc1cc(-c2nnc(C)o2)ccc1OCC[C@@H]1CN(C(=O)OCc2ccccc2)CCN1.Cl. The maximum absolute atomic E-state index is 12.5. The zero-order valence-electron chi connectivity index (χ0n) is 19.2. The van der Waals surface area contributed by atoms with Gasteiger partial charge in [0.15, 0.2) is 11.5 Å². The molecule has 1 fully saturated rings. The maximum Gasteiger partial charge on any atom is 0.410 e. The Hall–Kier alpha value is -3.30. The van der Waals surface area contributed by atoms with E-state index in [0.29, 0.717) is 49.5 Å². The topological polar surface area (TPSA) is 99.0 Å². The van der Waals surface area contributed by atoms with Crippen molar-refractivity contribution in [2.75, 3.05) is 33.4 Å². The fourth-order valence-electron chi connectivity index (χ4n) is 3.64. The largest absolute Gasteiger partial charge is 0.493 e. The monoisotopic (exact) mass is 488 g/mol. The molecule has 182 valence electrons. The first kappa shape index (κ1) is 25.3. The number of hydrogen-bond donors (Lipinski definition) is 1. The number of nitrogens with one attached hydrogen (secondary N) is 1. The first-order valence-electron chi connectivity index (χ1n) is 10.9. The van der Waals surface area contributed by atoms with E-state index in [1.165, 1.54) is 0 Å². The minimum atomic E-state index is -0.292. The van der Waals surface area contributed by atoms with Crippen LogP contribution in [0.5, 0.6) is 11.5 Å². The molecule has 0 spiro atoms. The van der Waals surface area contributed by atoms with Gasteiger partial charge in [-0.25, -0.2) is 4.79 Å². The summed E-state index contributed by atoms with van der Waals surface area (Å²) in [4.78, 5) is 14.2. The molecular formula is C24H29ClN4O5. The fourth-order valence-corrected chi connectivity index (χ4v) is 3.64. The summed E-state index contributed by atoms with van der Waals surface area (Å²) in [5, 5.41) is 11.3. The summed E-state index contributed by atoms with van der Waals surface area (Å²) in [5.74, 6) is 2.16. The normalized spacial score (nSPS) is 15.4. The molecule has 0 aliphatic carbocycles. The molecule has 2 heterocycles. The lowest BCUT2D eigenvalue weighted by Crippen LogP contribution is -2.53. The molecule has 34 heavy (non-hydrogen) atoms. The van der Waals surface area contributed by atoms with E-state index in [9.17, 15) is 4.79 Å². The van der Waals surface area contributed by atoms with Gasteiger partial charge in [0.1, 0.15) is 6.61 Å². The average molecular weight is 489 g/mol. The first-order valence-corrected chi connectivity index (χ1v) is 10.9. The van der Waals surface area contributed by atoms with Crippen LogP contribution in [0.4, 0.5) is 4.79 Å². The van der Waals surface area contributed by atoms with Crippen LogP contribution in [0.3, 0.4) is 0 Å². The van der Waals surface area contributed by atoms with Crippen LogP contribution in [-0.4, -0.2) is 60.6 Å². The molecule has 0 saturated carbocycles. The minimum absolute atomic E-state index is 0. The highest BCUT2D eigenvalue weighted by atomic mass is 35.5. The number of benzene rings is 2. The second-order valence-corrected chi connectivity index (χ2v) is 7.77. The summed E-state index contributed by atoms with van der Waals surface area (Å²) < 4.78 is 22.4. The van der Waals surface area contributed by atoms with Gasteiger partial charge < -0.3 is 28.8 Å². The second-order valence-electron chi connectivity index (χ2n) is 7.77. The van der Waals surface area contributed by atoms with Crippen molar-refractivity contribution in [1.82, 2.24) is 20.4 Å². The van der Waals surface area contributed by atoms with E-state index in [-0.39, 0.29) is 31.1 Å². The van der Waals surface area contributed by atoms with Crippen LogP contribution in [0.25, 0.3) is 11.5 Å². The van der Waals surface area contributed by atoms with Gasteiger partial charge in [0.05, 0.1) is 13.7 Å². The van der Waals surface area contributed by atoms with Crippen LogP contribution in [-0.2, 0) is 11.3 Å². The number of rotatable bonds is 8. The zero-order chi connectivity index (χ0) is 23.0. The molecule has 2 aromatic carbocycles. The predicted molar refractivity (Wildman–Crippen MR) is 128 cm³/mol. The molecule has 10 heteroatoms. The molecule has 0 radical (unpaired) electrons. The number of halogens is 1. The standard InChI is InChI=1S/C24H28N4O5.ClH/c1-17-26-27-23(33-17)19-8-9-21(22(14-19)30-2)31-13-10-20-15-28(12-11-25-20)24(29)32-16-18-6-4-3-5-7-18;/h3-9,14,20,25H,10-13,15-16H2,1-2H3;1H/t20-;/m1./s1. The summed E-state index contributed by atoms with van der Waals surface area (Å²) in [6.45, 7) is 4.40. The highest BCUT2D eigenvalue weighted by molar-refractivity contribution is 5.85. The van der Waals surface area contributed by atoms with Crippen molar-refractivity contribution < 1.29 is 23.4 Å². The van der Waals surface area contributed by atoms with Crippen LogP contribution in [0.1, 0.15) is 17.9 Å². The lowest BCUT2D eigenvalue weighted by molar-refractivity contribution is 0.0827. The number of nitrogens with zero attached hydrogens (tertiary/aromatic N) is 3. The number of aromatic nitrogens is 2. The number of hydrogen-bond acceptors (Lipinski definition) is 8. The van der Waals surface area contributed by atoms with Crippen molar-refractivity contribution in [3.63, 3.8) is 0 Å². The molecule has 1 N–H and O–H groups in total. The highest BCUT2D eigenvalue weighted by Crippen LogP contribution is 2.32. The quantitative estimate of drug-likeness (QED) is 0.510. The number of ether oxygens (including phenoxy) is 3. The summed E-state index contributed by atoms with van der Waals surface area (Å²) in [5.41, 5.74) is 1.73. The third-order valence-electron chi connectivity index (χ3n) is 5.38. The Morgan fingerprint density at radius 1 is 1.18 bits per heavy atom. The Morgan fingerprint density at radius 3 is 2.74 bits per heavy atom. The Bertz CT molecular complexity index is 1060. The Morgan fingerprint density at radius 2 is 2.00 bits per heavy atom. The van der Waals surface area contributed by atoms with Crippen LogP contribution >= 0.6 is 12.4 Å². The van der Waals surface area contributed by atoms with Crippen LogP contribution in [0.15, 0.2) is 52.9 Å². The molecule has 1 aromatic heterocycles. The fraction of sp³-hybridized carbons (Fsp3) is 0.375. The van der Waals surface area contributed by atoms with Gasteiger partial charge in [0.25, 0.3) is 0 Å². The van der Waals surface area contributed by atoms with Gasteiger partial charge in [0, 0.05) is 38.2 Å². The third kappa shape index (κ3) is 6.61. The van der Waals surface area contributed by atoms with Crippen molar-refractivity contribution in [2.24, 2.45) is 0 Å². The summed E-state index contributed by atoms with van der Waals surface area (Å²) in [6, 6.07) is 15.3. The third-order valence-corrected chi connectivity index (χ3v) is 5.38. The van der Waals surface area contributed by atoms with Crippen LogP contribution in [0, 0.1) is 6.92 Å². The van der Waals surface area contributed by atoms with E-state index in [1.54, 1.807) is 18.9 Å². The lowest BCUT2D eigenvalue weighted by Gasteiger charge is -2.33. The Labute approximate surface area is 204 Å². The van der Waals surface area contributed by atoms with Crippen molar-refractivity contribution >= 4 is 18.5 Å². The number of carbonyl (C=O) groups excluding carboxylic acids is 1. The average Bonchev–Trinajstić information content (AvgIpc) is 3.29. The van der Waals surface area contributed by atoms with E-state index in [1.807, 2.05) is 48.5 Å². The van der Waals surface area contributed by atoms with Crippen molar-refractivity contribution in [3.8, 4) is 23.0 Å². The van der Waals surface area contributed by atoms with Crippen molar-refractivity contribution in [3.05, 3.63) is 60.0 Å². The molecule has 0 unspecified atom stereocenters. The molecular weight excluding hydrogens is 460 g/mol. The van der Waals surface area contributed by atoms with E-state index < -0.39 is 0 Å². The van der Waals surface area contributed by atoms with E-state index in [0.717, 1.165) is 17.5 Å². The van der Waals surface area contributed by atoms with Crippen LogP contribution < -0.4 is 14.8 Å². The molecule has 1 aliphatic rings. The number of amides is 1. The highest BCUT2D eigenvalue weighted by Gasteiger charge is 2.24. The second kappa shape index (κ2) is 12.2. The predicted octanol–water partition coefficient (Wildman–Crippen LogP) is 3.85. The van der Waals surface area contributed by atoms with Gasteiger partial charge in [0.2, 0.25) is 11.8 Å². The first-order chi connectivity index (χ1) is 16.1.